The van der Waals surface area contributed by atoms with Crippen molar-refractivity contribution in [3.63, 3.8) is 0 Å². The first kappa shape index (κ1) is 9.77. The van der Waals surface area contributed by atoms with Crippen molar-refractivity contribution in [3.8, 4) is 0 Å². The molecule has 0 aromatic heterocycles. The van der Waals surface area contributed by atoms with E-state index in [9.17, 15) is 4.79 Å². The maximum atomic E-state index is 11.4. The second-order valence-electron chi connectivity index (χ2n) is 4.73. The lowest BCUT2D eigenvalue weighted by Gasteiger charge is -2.24. The number of fused-ring (bicyclic) bond motifs is 2. The normalized spacial score (nSPS) is 34.9. The Bertz CT molecular complexity index is 229. The van der Waals surface area contributed by atoms with E-state index in [1.807, 2.05) is 13.8 Å². The average Bonchev–Trinajstić information content (AvgIpc) is 2.62. The second-order valence-corrected chi connectivity index (χ2v) is 4.73. The van der Waals surface area contributed by atoms with E-state index in [0.29, 0.717) is 12.1 Å². The van der Waals surface area contributed by atoms with Crippen LogP contribution in [0.4, 0.5) is 4.79 Å². The molecule has 1 saturated carbocycles. The van der Waals surface area contributed by atoms with Crippen molar-refractivity contribution < 1.29 is 4.79 Å². The highest BCUT2D eigenvalue weighted by Crippen LogP contribution is 2.30. The number of carbonyl (C=O) groups excluding carboxylic acids is 1. The lowest BCUT2D eigenvalue weighted by molar-refractivity contribution is 0.230. The molecule has 2 amide bonds. The predicted octanol–water partition coefficient (Wildman–Crippen LogP) is 0.444. The predicted molar refractivity (Wildman–Crippen MR) is 55.1 cm³/mol. The minimum Gasteiger partial charge on any atom is -0.336 e. The van der Waals surface area contributed by atoms with Crippen LogP contribution >= 0.6 is 0 Å². The molecule has 0 radical (unpaired) electrons. The number of rotatable bonds is 2. The molecule has 2 bridgehead atoms. The van der Waals surface area contributed by atoms with E-state index in [0.717, 1.165) is 18.9 Å². The molecule has 4 heteroatoms. The number of urea groups is 1. The molecule has 3 N–H and O–H groups in total. The van der Waals surface area contributed by atoms with Crippen LogP contribution < -0.4 is 16.0 Å². The molecular weight excluding hydrogens is 178 g/mol. The maximum Gasteiger partial charge on any atom is 0.315 e. The molecule has 0 aromatic rings. The van der Waals surface area contributed by atoms with E-state index < -0.39 is 0 Å². The van der Waals surface area contributed by atoms with Crippen molar-refractivity contribution in [2.24, 2.45) is 5.92 Å². The molecule has 3 atom stereocenters. The Balaban J connectivity index is 1.78. The van der Waals surface area contributed by atoms with Crippen LogP contribution in [0.3, 0.4) is 0 Å². The quantitative estimate of drug-likeness (QED) is 0.602. The molecule has 80 valence electrons. The van der Waals surface area contributed by atoms with Crippen LogP contribution in [0, 0.1) is 5.92 Å². The van der Waals surface area contributed by atoms with E-state index in [-0.39, 0.29) is 12.1 Å². The number of hydrogen-bond acceptors (Lipinski definition) is 2. The van der Waals surface area contributed by atoms with Gasteiger partial charge in [0.15, 0.2) is 0 Å². The molecule has 0 aromatic carbocycles. The van der Waals surface area contributed by atoms with Gasteiger partial charge in [-0.05, 0) is 39.2 Å². The summed E-state index contributed by atoms with van der Waals surface area (Å²) in [4.78, 5) is 11.4. The Morgan fingerprint density at radius 3 is 2.71 bits per heavy atom. The molecule has 4 nitrogen and oxygen atoms in total. The van der Waals surface area contributed by atoms with Crippen LogP contribution in [0.15, 0.2) is 0 Å². The molecule has 2 rings (SSSR count). The fourth-order valence-corrected chi connectivity index (χ4v) is 2.49. The van der Waals surface area contributed by atoms with Gasteiger partial charge in [0.25, 0.3) is 0 Å². The smallest absolute Gasteiger partial charge is 0.315 e. The largest absolute Gasteiger partial charge is 0.336 e. The molecule has 0 spiro atoms. The first-order valence-electron chi connectivity index (χ1n) is 5.45. The Morgan fingerprint density at radius 2 is 2.21 bits per heavy atom. The lowest BCUT2D eigenvalue weighted by atomic mass is 10.1. The molecular formula is C10H19N3O. The Hall–Kier alpha value is -0.770. The summed E-state index contributed by atoms with van der Waals surface area (Å²) >= 11 is 0. The number of amides is 2. The van der Waals surface area contributed by atoms with Gasteiger partial charge in [0, 0.05) is 18.1 Å². The van der Waals surface area contributed by atoms with E-state index in [1.54, 1.807) is 0 Å². The molecule has 1 aliphatic carbocycles. The minimum atomic E-state index is -0.0284. The standard InChI is InChI=1S/C10H19N3O/c1-6(2)12-10(14)13-9-4-7-3-8(9)11-5-7/h6-9,11H,3-5H2,1-2H3,(H2,12,13,14). The Morgan fingerprint density at radius 1 is 1.43 bits per heavy atom. The molecule has 3 unspecified atom stereocenters. The monoisotopic (exact) mass is 197 g/mol. The molecule has 2 fully saturated rings. The number of nitrogens with one attached hydrogen (secondary N) is 3. The maximum absolute atomic E-state index is 11.4. The molecule has 1 saturated heterocycles. The van der Waals surface area contributed by atoms with Crippen molar-refractivity contribution in [1.82, 2.24) is 16.0 Å². The summed E-state index contributed by atoms with van der Waals surface area (Å²) < 4.78 is 0. The van der Waals surface area contributed by atoms with E-state index in [1.165, 1.54) is 6.42 Å². The summed E-state index contributed by atoms with van der Waals surface area (Å²) in [6.07, 6.45) is 2.37. The third kappa shape index (κ3) is 2.00. The van der Waals surface area contributed by atoms with Gasteiger partial charge >= 0.3 is 6.03 Å². The van der Waals surface area contributed by atoms with Gasteiger partial charge < -0.3 is 16.0 Å². The summed E-state index contributed by atoms with van der Waals surface area (Å²) in [6, 6.07) is 1.03. The first-order valence-corrected chi connectivity index (χ1v) is 5.45. The zero-order valence-corrected chi connectivity index (χ0v) is 8.84. The molecule has 14 heavy (non-hydrogen) atoms. The molecule has 1 aliphatic heterocycles. The van der Waals surface area contributed by atoms with Gasteiger partial charge in [-0.15, -0.1) is 0 Å². The van der Waals surface area contributed by atoms with Gasteiger partial charge in [0.05, 0.1) is 0 Å². The highest BCUT2D eigenvalue weighted by Gasteiger charge is 2.39. The second kappa shape index (κ2) is 3.77. The van der Waals surface area contributed by atoms with Gasteiger partial charge in [-0.3, -0.25) is 0 Å². The Labute approximate surface area is 84.8 Å². The highest BCUT2D eigenvalue weighted by molar-refractivity contribution is 5.74. The summed E-state index contributed by atoms with van der Waals surface area (Å²) in [5, 5.41) is 9.30. The number of carbonyl (C=O) groups is 1. The van der Waals surface area contributed by atoms with Gasteiger partial charge in [-0.25, -0.2) is 4.79 Å². The van der Waals surface area contributed by atoms with E-state index in [2.05, 4.69) is 16.0 Å². The van der Waals surface area contributed by atoms with Crippen LogP contribution in [0.5, 0.6) is 0 Å². The zero-order chi connectivity index (χ0) is 10.1. The van der Waals surface area contributed by atoms with Crippen LogP contribution in [-0.4, -0.2) is 30.7 Å². The Kier molecular flexibility index (Phi) is 2.63. The van der Waals surface area contributed by atoms with Crippen molar-refractivity contribution in [1.29, 1.82) is 0 Å². The third-order valence-electron chi connectivity index (χ3n) is 3.07. The first-order chi connectivity index (χ1) is 6.65. The summed E-state index contributed by atoms with van der Waals surface area (Å²) in [7, 11) is 0. The van der Waals surface area contributed by atoms with Gasteiger partial charge in [0.2, 0.25) is 0 Å². The van der Waals surface area contributed by atoms with Gasteiger partial charge in [-0.1, -0.05) is 0 Å². The van der Waals surface area contributed by atoms with E-state index >= 15 is 0 Å². The fourth-order valence-electron chi connectivity index (χ4n) is 2.49. The zero-order valence-electron chi connectivity index (χ0n) is 8.84. The number of piperidine rings is 1. The van der Waals surface area contributed by atoms with Gasteiger partial charge in [-0.2, -0.15) is 0 Å². The SMILES string of the molecule is CC(C)NC(=O)NC1CC2CNC1C2. The fraction of sp³-hybridized carbons (Fsp3) is 0.900. The van der Waals surface area contributed by atoms with Crippen molar-refractivity contribution in [3.05, 3.63) is 0 Å². The van der Waals surface area contributed by atoms with Crippen LogP contribution in [0.2, 0.25) is 0 Å². The third-order valence-corrected chi connectivity index (χ3v) is 3.07. The van der Waals surface area contributed by atoms with Gasteiger partial charge in [0.1, 0.15) is 0 Å². The topological polar surface area (TPSA) is 53.2 Å². The number of hydrogen-bond donors (Lipinski definition) is 3. The average molecular weight is 197 g/mol. The van der Waals surface area contributed by atoms with Crippen LogP contribution in [0.25, 0.3) is 0 Å². The highest BCUT2D eigenvalue weighted by atomic mass is 16.2. The van der Waals surface area contributed by atoms with Crippen LogP contribution in [-0.2, 0) is 0 Å². The van der Waals surface area contributed by atoms with Crippen molar-refractivity contribution in [2.45, 2.75) is 44.8 Å². The summed E-state index contributed by atoms with van der Waals surface area (Å²) in [5.74, 6) is 0.782. The summed E-state index contributed by atoms with van der Waals surface area (Å²) in [5.41, 5.74) is 0. The van der Waals surface area contributed by atoms with E-state index in [4.69, 9.17) is 0 Å². The van der Waals surface area contributed by atoms with Crippen molar-refractivity contribution in [2.75, 3.05) is 6.54 Å². The summed E-state index contributed by atoms with van der Waals surface area (Å²) in [6.45, 7) is 5.08. The lowest BCUT2D eigenvalue weighted by Crippen LogP contribution is -2.51. The minimum absolute atomic E-state index is 0.0284. The molecule has 1 heterocycles. The van der Waals surface area contributed by atoms with Crippen molar-refractivity contribution >= 4 is 6.03 Å². The molecule has 2 aliphatic rings. The van der Waals surface area contributed by atoms with Crippen LogP contribution in [0.1, 0.15) is 26.7 Å².